The van der Waals surface area contributed by atoms with Gasteiger partial charge in [-0.25, -0.2) is 9.59 Å². The van der Waals surface area contributed by atoms with E-state index in [1.807, 2.05) is 0 Å². The molecule has 0 amide bonds. The highest BCUT2D eigenvalue weighted by molar-refractivity contribution is 5.98. The Balaban J connectivity index is 1.63. The molecular weight excluding hydrogens is 352 g/mol. The Bertz CT molecular complexity index is 816. The SMILES string of the molecule is CCC/C=C1\OC(=O)C2=C1CC[C@@H]1C3C=C4C(=O)O[C@@H](CCCC)[C@]4(CC3)[C@H]21. The van der Waals surface area contributed by atoms with Gasteiger partial charge in [-0.3, -0.25) is 0 Å². The van der Waals surface area contributed by atoms with Crippen LogP contribution in [0.2, 0.25) is 0 Å². The zero-order chi connectivity index (χ0) is 19.5. The monoisotopic (exact) mass is 382 g/mol. The molecule has 4 aliphatic carbocycles. The van der Waals surface area contributed by atoms with Gasteiger partial charge in [-0.2, -0.15) is 0 Å². The lowest BCUT2D eigenvalue weighted by molar-refractivity contribution is -0.141. The second kappa shape index (κ2) is 6.60. The van der Waals surface area contributed by atoms with Gasteiger partial charge in [-0.1, -0.05) is 39.2 Å². The number of ether oxygens (including phenoxy) is 2. The fraction of sp³-hybridized carbons (Fsp3) is 0.667. The number of unbranched alkanes of at least 4 members (excludes halogenated alkanes) is 2. The zero-order valence-electron chi connectivity index (χ0n) is 17.0. The molecule has 0 radical (unpaired) electrons. The molecule has 28 heavy (non-hydrogen) atoms. The van der Waals surface area contributed by atoms with Crippen LogP contribution < -0.4 is 0 Å². The molecule has 0 aromatic heterocycles. The molecule has 4 nitrogen and oxygen atoms in total. The fourth-order valence-corrected chi connectivity index (χ4v) is 6.73. The largest absolute Gasteiger partial charge is 0.458 e. The molecule has 2 aliphatic heterocycles. The summed E-state index contributed by atoms with van der Waals surface area (Å²) in [4.78, 5) is 25.8. The van der Waals surface area contributed by atoms with Crippen molar-refractivity contribution >= 4 is 11.9 Å². The predicted octanol–water partition coefficient (Wildman–Crippen LogP) is 5.00. The van der Waals surface area contributed by atoms with Crippen LogP contribution in [0.15, 0.2) is 34.6 Å². The van der Waals surface area contributed by atoms with Gasteiger partial charge in [0.1, 0.15) is 11.9 Å². The lowest BCUT2D eigenvalue weighted by Crippen LogP contribution is -2.54. The summed E-state index contributed by atoms with van der Waals surface area (Å²) in [6.07, 6.45) is 13.3. The Kier molecular flexibility index (Phi) is 4.29. The molecule has 6 aliphatic rings. The van der Waals surface area contributed by atoms with E-state index in [1.54, 1.807) is 0 Å². The predicted molar refractivity (Wildman–Crippen MR) is 105 cm³/mol. The van der Waals surface area contributed by atoms with Gasteiger partial charge in [0.2, 0.25) is 0 Å². The topological polar surface area (TPSA) is 52.6 Å². The first-order valence-electron chi connectivity index (χ1n) is 11.2. The maximum Gasteiger partial charge on any atom is 0.340 e. The summed E-state index contributed by atoms with van der Waals surface area (Å²) in [5, 5.41) is 0. The molecule has 0 N–H and O–H groups in total. The number of hydrogen-bond acceptors (Lipinski definition) is 4. The van der Waals surface area contributed by atoms with Gasteiger partial charge in [0.25, 0.3) is 0 Å². The molecule has 150 valence electrons. The fourth-order valence-electron chi connectivity index (χ4n) is 6.73. The van der Waals surface area contributed by atoms with Crippen LogP contribution in [-0.4, -0.2) is 18.0 Å². The smallest absolute Gasteiger partial charge is 0.340 e. The van der Waals surface area contributed by atoms with Crippen LogP contribution in [0.5, 0.6) is 0 Å². The average molecular weight is 383 g/mol. The number of esters is 2. The normalized spacial score (nSPS) is 39.5. The zero-order valence-corrected chi connectivity index (χ0v) is 17.0. The minimum Gasteiger partial charge on any atom is -0.458 e. The molecule has 2 fully saturated rings. The molecular formula is C24H30O4. The lowest BCUT2D eigenvalue weighted by Gasteiger charge is -2.55. The van der Waals surface area contributed by atoms with Crippen molar-refractivity contribution < 1.29 is 19.1 Å². The number of hydrogen-bond donors (Lipinski definition) is 0. The van der Waals surface area contributed by atoms with E-state index in [4.69, 9.17) is 9.47 Å². The molecule has 1 unspecified atom stereocenters. The van der Waals surface area contributed by atoms with Crippen molar-refractivity contribution in [1.82, 2.24) is 0 Å². The highest BCUT2D eigenvalue weighted by atomic mass is 16.6. The highest BCUT2D eigenvalue weighted by Crippen LogP contribution is 2.67. The van der Waals surface area contributed by atoms with E-state index in [9.17, 15) is 9.59 Å². The third-order valence-corrected chi connectivity index (χ3v) is 7.87. The first-order valence-corrected chi connectivity index (χ1v) is 11.2. The Labute approximate surface area is 167 Å². The molecule has 2 bridgehead atoms. The molecule has 5 atom stereocenters. The van der Waals surface area contributed by atoms with E-state index in [0.29, 0.717) is 11.8 Å². The summed E-state index contributed by atoms with van der Waals surface area (Å²) < 4.78 is 11.7. The number of carbonyl (C=O) groups is 2. The number of cyclic esters (lactones) is 2. The summed E-state index contributed by atoms with van der Waals surface area (Å²) in [5.41, 5.74) is 2.56. The highest BCUT2D eigenvalue weighted by Gasteiger charge is 2.67. The lowest BCUT2D eigenvalue weighted by atomic mass is 9.45. The molecule has 1 saturated carbocycles. The van der Waals surface area contributed by atoms with Gasteiger partial charge >= 0.3 is 11.9 Å². The van der Waals surface area contributed by atoms with E-state index in [1.165, 1.54) is 0 Å². The first kappa shape index (κ1) is 18.2. The summed E-state index contributed by atoms with van der Waals surface area (Å²) >= 11 is 0. The van der Waals surface area contributed by atoms with Crippen LogP contribution in [0.4, 0.5) is 0 Å². The first-order chi connectivity index (χ1) is 13.6. The molecule has 0 aromatic carbocycles. The summed E-state index contributed by atoms with van der Waals surface area (Å²) in [6, 6.07) is 0. The Morgan fingerprint density at radius 2 is 2.04 bits per heavy atom. The summed E-state index contributed by atoms with van der Waals surface area (Å²) in [6.45, 7) is 4.31. The van der Waals surface area contributed by atoms with E-state index < -0.39 is 0 Å². The molecule has 6 rings (SSSR count). The van der Waals surface area contributed by atoms with Gasteiger partial charge in [0.15, 0.2) is 0 Å². The average Bonchev–Trinajstić information content (AvgIpc) is 3.19. The standard InChI is InChI=1S/C24H30O4/c1-3-5-7-18-16-10-9-15-14-11-12-24(21(15)20(16)23(26)27-18)17(13-14)22(25)28-19(24)8-6-4-2/h7,13-15,19,21H,3-6,8-12H2,1-2H3/b18-7-/t14?,15-,19+,21+,24-/m1/s1. The van der Waals surface area contributed by atoms with Crippen molar-refractivity contribution in [3.63, 3.8) is 0 Å². The second-order valence-corrected chi connectivity index (χ2v) is 9.18. The van der Waals surface area contributed by atoms with Gasteiger partial charge in [-0.15, -0.1) is 0 Å². The van der Waals surface area contributed by atoms with Crippen molar-refractivity contribution in [2.75, 3.05) is 0 Å². The molecule has 1 saturated heterocycles. The van der Waals surface area contributed by atoms with Crippen LogP contribution in [0.3, 0.4) is 0 Å². The third kappa shape index (κ3) is 2.29. The van der Waals surface area contributed by atoms with Crippen molar-refractivity contribution in [1.29, 1.82) is 0 Å². The van der Waals surface area contributed by atoms with Crippen LogP contribution in [0.1, 0.15) is 71.6 Å². The van der Waals surface area contributed by atoms with Crippen molar-refractivity contribution in [2.45, 2.75) is 77.7 Å². The van der Waals surface area contributed by atoms with Gasteiger partial charge in [0.05, 0.1) is 0 Å². The van der Waals surface area contributed by atoms with Crippen LogP contribution in [-0.2, 0) is 19.1 Å². The van der Waals surface area contributed by atoms with Crippen LogP contribution >= 0.6 is 0 Å². The minimum absolute atomic E-state index is 0.0864. The summed E-state index contributed by atoms with van der Waals surface area (Å²) in [5.74, 6) is 1.41. The van der Waals surface area contributed by atoms with Gasteiger partial charge in [-0.05, 0) is 56.4 Å². The molecule has 1 spiro atoms. The van der Waals surface area contributed by atoms with Crippen LogP contribution in [0.25, 0.3) is 0 Å². The van der Waals surface area contributed by atoms with Crippen molar-refractivity contribution in [2.24, 2.45) is 23.2 Å². The summed E-state index contributed by atoms with van der Waals surface area (Å²) in [7, 11) is 0. The number of rotatable bonds is 5. The Hall–Kier alpha value is -1.84. The third-order valence-electron chi connectivity index (χ3n) is 7.87. The Morgan fingerprint density at radius 3 is 2.82 bits per heavy atom. The Morgan fingerprint density at radius 1 is 1.18 bits per heavy atom. The van der Waals surface area contributed by atoms with Gasteiger partial charge < -0.3 is 9.47 Å². The van der Waals surface area contributed by atoms with Crippen molar-refractivity contribution in [3.8, 4) is 0 Å². The molecule has 0 aromatic rings. The number of carbonyl (C=O) groups excluding carboxylic acids is 2. The van der Waals surface area contributed by atoms with Crippen molar-refractivity contribution in [3.05, 3.63) is 34.6 Å². The van der Waals surface area contributed by atoms with E-state index in [0.717, 1.165) is 80.3 Å². The van der Waals surface area contributed by atoms with E-state index in [2.05, 4.69) is 26.0 Å². The number of fused-ring (bicyclic) bond motifs is 1. The maximum absolute atomic E-state index is 13.0. The van der Waals surface area contributed by atoms with E-state index in [-0.39, 0.29) is 29.4 Å². The van der Waals surface area contributed by atoms with Crippen LogP contribution in [0, 0.1) is 23.2 Å². The molecule has 4 heteroatoms. The van der Waals surface area contributed by atoms with Gasteiger partial charge in [0, 0.05) is 28.1 Å². The second-order valence-electron chi connectivity index (χ2n) is 9.18. The van der Waals surface area contributed by atoms with E-state index >= 15 is 0 Å². The number of allylic oxidation sites excluding steroid dienone is 3. The molecule has 2 heterocycles. The quantitative estimate of drug-likeness (QED) is 0.628. The minimum atomic E-state index is -0.314. The maximum atomic E-state index is 13.0.